The van der Waals surface area contributed by atoms with Gasteiger partial charge in [0.15, 0.2) is 0 Å². The molecule has 5 nitrogen and oxygen atoms in total. The second kappa shape index (κ2) is 6.36. The molecule has 0 aliphatic rings. The predicted octanol–water partition coefficient (Wildman–Crippen LogP) is 1.28. The van der Waals surface area contributed by atoms with Gasteiger partial charge < -0.3 is 9.88 Å². The summed E-state index contributed by atoms with van der Waals surface area (Å²) in [5.74, 6) is 0.995. The Kier molecular flexibility index (Phi) is 5.11. The molecule has 0 bridgehead atoms. The highest BCUT2D eigenvalue weighted by Gasteiger charge is 2.15. The van der Waals surface area contributed by atoms with Crippen LogP contribution in [0.1, 0.15) is 32.5 Å². The summed E-state index contributed by atoms with van der Waals surface area (Å²) in [5.41, 5.74) is -0.203. The summed E-state index contributed by atoms with van der Waals surface area (Å²) in [6.45, 7) is 5.81. The van der Waals surface area contributed by atoms with Crippen LogP contribution in [-0.4, -0.2) is 27.9 Å². The number of nitriles is 1. The van der Waals surface area contributed by atoms with E-state index in [4.69, 9.17) is 5.26 Å². The molecule has 0 saturated heterocycles. The Bertz CT molecular complexity index is 374. The highest BCUT2D eigenvalue weighted by atomic mass is 15.2. The van der Waals surface area contributed by atoms with Crippen molar-refractivity contribution >= 4 is 0 Å². The van der Waals surface area contributed by atoms with Crippen LogP contribution in [0.3, 0.4) is 0 Å². The van der Waals surface area contributed by atoms with E-state index in [2.05, 4.69) is 21.6 Å². The molecule has 5 heteroatoms. The van der Waals surface area contributed by atoms with Crippen LogP contribution >= 0.6 is 0 Å². The number of nitrogens with one attached hydrogen (secondary N) is 1. The summed E-state index contributed by atoms with van der Waals surface area (Å²) in [7, 11) is 1.95. The molecule has 0 aliphatic carbocycles. The van der Waals surface area contributed by atoms with E-state index in [0.717, 1.165) is 38.2 Å². The van der Waals surface area contributed by atoms with E-state index in [1.807, 2.05) is 25.5 Å². The zero-order chi connectivity index (χ0) is 12.7. The van der Waals surface area contributed by atoms with E-state index >= 15 is 0 Å². The predicted molar refractivity (Wildman–Crippen MR) is 66.2 cm³/mol. The van der Waals surface area contributed by atoms with Crippen molar-refractivity contribution in [2.24, 2.45) is 12.5 Å². The zero-order valence-corrected chi connectivity index (χ0v) is 10.9. The van der Waals surface area contributed by atoms with Gasteiger partial charge in [0.05, 0.1) is 11.5 Å². The fourth-order valence-corrected chi connectivity index (χ4v) is 1.57. The van der Waals surface area contributed by atoms with Crippen LogP contribution in [0.15, 0.2) is 6.33 Å². The molecule has 0 aromatic carbocycles. The molecule has 0 fully saturated rings. The molecule has 1 rings (SSSR count). The molecule has 0 radical (unpaired) electrons. The minimum absolute atomic E-state index is 0.203. The van der Waals surface area contributed by atoms with E-state index in [9.17, 15) is 0 Å². The average molecular weight is 235 g/mol. The molecule has 0 unspecified atom stereocenters. The Hall–Kier alpha value is -1.41. The van der Waals surface area contributed by atoms with E-state index in [1.54, 1.807) is 6.33 Å². The summed E-state index contributed by atoms with van der Waals surface area (Å²) >= 11 is 0. The van der Waals surface area contributed by atoms with Gasteiger partial charge in [0.25, 0.3) is 0 Å². The van der Waals surface area contributed by atoms with Gasteiger partial charge in [-0.2, -0.15) is 5.26 Å². The van der Waals surface area contributed by atoms with Crippen molar-refractivity contribution in [1.82, 2.24) is 20.1 Å². The van der Waals surface area contributed by atoms with Gasteiger partial charge in [0.1, 0.15) is 12.2 Å². The van der Waals surface area contributed by atoms with E-state index in [0.29, 0.717) is 0 Å². The van der Waals surface area contributed by atoms with Crippen LogP contribution in [0.5, 0.6) is 0 Å². The second-order valence-electron chi connectivity index (χ2n) is 4.96. The highest BCUT2D eigenvalue weighted by molar-refractivity contribution is 4.91. The maximum atomic E-state index is 8.86. The summed E-state index contributed by atoms with van der Waals surface area (Å²) in [4.78, 5) is 0. The van der Waals surface area contributed by atoms with Crippen LogP contribution in [0, 0.1) is 16.7 Å². The monoisotopic (exact) mass is 235 g/mol. The van der Waals surface area contributed by atoms with Gasteiger partial charge in [-0.25, -0.2) is 0 Å². The lowest BCUT2D eigenvalue weighted by Crippen LogP contribution is -2.21. The smallest absolute Gasteiger partial charge is 0.133 e. The van der Waals surface area contributed by atoms with Crippen molar-refractivity contribution in [3.63, 3.8) is 0 Å². The molecule has 1 aromatic rings. The zero-order valence-electron chi connectivity index (χ0n) is 10.9. The molecule has 0 spiro atoms. The maximum absolute atomic E-state index is 8.86. The maximum Gasteiger partial charge on any atom is 0.133 e. The quantitative estimate of drug-likeness (QED) is 0.723. The van der Waals surface area contributed by atoms with Crippen LogP contribution in [0.4, 0.5) is 0 Å². The number of aromatic nitrogens is 3. The lowest BCUT2D eigenvalue weighted by molar-refractivity contribution is 0.426. The Morgan fingerprint density at radius 2 is 2.24 bits per heavy atom. The first-order valence-corrected chi connectivity index (χ1v) is 6.00. The summed E-state index contributed by atoms with van der Waals surface area (Å²) in [5, 5.41) is 20.1. The molecule has 0 atom stereocenters. The number of hydrogen-bond donors (Lipinski definition) is 1. The largest absolute Gasteiger partial charge is 0.321 e. The molecule has 0 amide bonds. The SMILES string of the molecule is Cn1cnnc1CCNCCCC(C)(C)C#N. The van der Waals surface area contributed by atoms with Gasteiger partial charge in [-0.15, -0.1) is 10.2 Å². The number of hydrogen-bond acceptors (Lipinski definition) is 4. The lowest BCUT2D eigenvalue weighted by Gasteiger charge is -2.14. The van der Waals surface area contributed by atoms with Gasteiger partial charge in [0.2, 0.25) is 0 Å². The fraction of sp³-hybridized carbons (Fsp3) is 0.750. The minimum atomic E-state index is -0.203. The van der Waals surface area contributed by atoms with Crippen molar-refractivity contribution in [2.75, 3.05) is 13.1 Å². The van der Waals surface area contributed by atoms with Crippen molar-refractivity contribution in [3.8, 4) is 6.07 Å². The molecule has 94 valence electrons. The van der Waals surface area contributed by atoms with Crippen LogP contribution < -0.4 is 5.32 Å². The Labute approximate surface area is 103 Å². The molecule has 1 aromatic heterocycles. The molecule has 0 aliphatic heterocycles. The molecule has 1 N–H and O–H groups in total. The Morgan fingerprint density at radius 1 is 1.47 bits per heavy atom. The van der Waals surface area contributed by atoms with Gasteiger partial charge >= 0.3 is 0 Å². The number of aryl methyl sites for hydroxylation is 1. The third-order valence-electron chi connectivity index (χ3n) is 2.79. The van der Waals surface area contributed by atoms with Crippen molar-refractivity contribution < 1.29 is 0 Å². The summed E-state index contributed by atoms with van der Waals surface area (Å²) < 4.78 is 1.93. The van der Waals surface area contributed by atoms with Crippen LogP contribution in [0.25, 0.3) is 0 Å². The van der Waals surface area contributed by atoms with Crippen molar-refractivity contribution in [3.05, 3.63) is 12.2 Å². The van der Waals surface area contributed by atoms with E-state index < -0.39 is 0 Å². The summed E-state index contributed by atoms with van der Waals surface area (Å²) in [6.07, 6.45) is 4.56. The first-order chi connectivity index (χ1) is 8.05. The van der Waals surface area contributed by atoms with Crippen molar-refractivity contribution in [2.45, 2.75) is 33.1 Å². The van der Waals surface area contributed by atoms with Gasteiger partial charge in [0, 0.05) is 20.0 Å². The fourth-order valence-electron chi connectivity index (χ4n) is 1.57. The standard InChI is InChI=1S/C12H21N5/c1-12(2,9-13)6-4-7-14-8-5-11-16-15-10-17(11)3/h10,14H,4-8H2,1-3H3. The van der Waals surface area contributed by atoms with E-state index in [1.165, 1.54) is 0 Å². The minimum Gasteiger partial charge on any atom is -0.321 e. The molecule has 17 heavy (non-hydrogen) atoms. The first kappa shape index (κ1) is 13.7. The summed E-state index contributed by atoms with van der Waals surface area (Å²) in [6, 6.07) is 2.31. The van der Waals surface area contributed by atoms with Gasteiger partial charge in [-0.3, -0.25) is 0 Å². The molecule has 1 heterocycles. The van der Waals surface area contributed by atoms with Crippen molar-refractivity contribution in [1.29, 1.82) is 5.26 Å². The average Bonchev–Trinajstić information content (AvgIpc) is 2.69. The lowest BCUT2D eigenvalue weighted by atomic mass is 9.90. The molecule has 0 saturated carbocycles. The Morgan fingerprint density at radius 3 is 2.82 bits per heavy atom. The third-order valence-corrected chi connectivity index (χ3v) is 2.79. The first-order valence-electron chi connectivity index (χ1n) is 6.00. The second-order valence-corrected chi connectivity index (χ2v) is 4.96. The number of nitrogens with zero attached hydrogens (tertiary/aromatic N) is 4. The normalized spacial score (nSPS) is 11.4. The number of rotatable bonds is 7. The van der Waals surface area contributed by atoms with E-state index in [-0.39, 0.29) is 5.41 Å². The molecular weight excluding hydrogens is 214 g/mol. The third kappa shape index (κ3) is 4.96. The highest BCUT2D eigenvalue weighted by Crippen LogP contribution is 2.19. The van der Waals surface area contributed by atoms with Crippen LogP contribution in [0.2, 0.25) is 0 Å². The van der Waals surface area contributed by atoms with Gasteiger partial charge in [-0.1, -0.05) is 0 Å². The van der Waals surface area contributed by atoms with Gasteiger partial charge in [-0.05, 0) is 33.2 Å². The topological polar surface area (TPSA) is 66.5 Å². The van der Waals surface area contributed by atoms with Crippen LogP contribution in [-0.2, 0) is 13.5 Å². The Balaban J connectivity index is 2.06. The molecular formula is C12H21N5.